The Morgan fingerprint density at radius 1 is 1.16 bits per heavy atom. The van der Waals surface area contributed by atoms with Crippen LogP contribution >= 0.6 is 15.9 Å². The van der Waals surface area contributed by atoms with Gasteiger partial charge in [0.2, 0.25) is 23.5 Å². The number of anilines is 1. The predicted octanol–water partition coefficient (Wildman–Crippen LogP) is 4.41. The van der Waals surface area contributed by atoms with E-state index in [9.17, 15) is 9.59 Å². The number of piperidine rings is 1. The van der Waals surface area contributed by atoms with E-state index < -0.39 is 0 Å². The van der Waals surface area contributed by atoms with E-state index >= 15 is 0 Å². The molecule has 8 heteroatoms. The Bertz CT molecular complexity index is 1060. The third-order valence-corrected chi connectivity index (χ3v) is 5.83. The average Bonchev–Trinajstić information content (AvgIpc) is 3.26. The van der Waals surface area contributed by atoms with Crippen molar-refractivity contribution < 1.29 is 14.1 Å². The summed E-state index contributed by atoms with van der Waals surface area (Å²) in [6, 6.07) is 15.1. The van der Waals surface area contributed by atoms with Crippen molar-refractivity contribution in [3.8, 4) is 11.4 Å². The van der Waals surface area contributed by atoms with Crippen LogP contribution in [0.1, 0.15) is 37.1 Å². The molecule has 0 unspecified atom stereocenters. The van der Waals surface area contributed by atoms with E-state index in [0.717, 1.165) is 35.0 Å². The SMILES string of the molecule is CC(=O)Nc1ccc(-c2noc([C@@H]3CCCN(C(=O)Cc4ccc(Br)cc4)C3)n2)cc1. The van der Waals surface area contributed by atoms with Gasteiger partial charge in [-0.25, -0.2) is 0 Å². The van der Waals surface area contributed by atoms with Gasteiger partial charge in [0.1, 0.15) is 0 Å². The molecule has 4 rings (SSSR count). The summed E-state index contributed by atoms with van der Waals surface area (Å²) >= 11 is 3.42. The molecule has 3 aromatic rings. The summed E-state index contributed by atoms with van der Waals surface area (Å²) < 4.78 is 6.54. The Hall–Kier alpha value is -3.00. The quantitative estimate of drug-likeness (QED) is 0.581. The van der Waals surface area contributed by atoms with Crippen molar-refractivity contribution in [3.63, 3.8) is 0 Å². The van der Waals surface area contributed by atoms with Gasteiger partial charge >= 0.3 is 0 Å². The lowest BCUT2D eigenvalue weighted by Crippen LogP contribution is -2.40. The summed E-state index contributed by atoms with van der Waals surface area (Å²) in [6.45, 7) is 2.80. The highest BCUT2D eigenvalue weighted by molar-refractivity contribution is 9.10. The molecule has 1 N–H and O–H groups in total. The number of likely N-dealkylation sites (tertiary alicyclic amines) is 1. The van der Waals surface area contributed by atoms with Crippen LogP contribution in [-0.2, 0) is 16.0 Å². The summed E-state index contributed by atoms with van der Waals surface area (Å²) in [5.41, 5.74) is 2.52. The monoisotopic (exact) mass is 482 g/mol. The number of nitrogens with one attached hydrogen (secondary N) is 1. The number of nitrogens with zero attached hydrogens (tertiary/aromatic N) is 3. The lowest BCUT2D eigenvalue weighted by Gasteiger charge is -2.31. The molecule has 2 aromatic carbocycles. The lowest BCUT2D eigenvalue weighted by atomic mass is 9.97. The Kier molecular flexibility index (Phi) is 6.46. The lowest BCUT2D eigenvalue weighted by molar-refractivity contribution is -0.131. The van der Waals surface area contributed by atoms with Crippen LogP contribution in [0.3, 0.4) is 0 Å². The first kappa shape index (κ1) is 21.2. The number of hydrogen-bond acceptors (Lipinski definition) is 5. The van der Waals surface area contributed by atoms with Gasteiger partial charge in [0, 0.05) is 35.7 Å². The number of rotatable bonds is 5. The predicted molar refractivity (Wildman–Crippen MR) is 120 cm³/mol. The average molecular weight is 483 g/mol. The molecule has 1 aromatic heterocycles. The van der Waals surface area contributed by atoms with Gasteiger partial charge in [-0.15, -0.1) is 0 Å². The largest absolute Gasteiger partial charge is 0.342 e. The molecule has 2 amide bonds. The van der Waals surface area contributed by atoms with E-state index in [4.69, 9.17) is 4.52 Å². The first-order chi connectivity index (χ1) is 15.0. The smallest absolute Gasteiger partial charge is 0.231 e. The minimum absolute atomic E-state index is 0.0301. The van der Waals surface area contributed by atoms with Crippen LogP contribution in [0.25, 0.3) is 11.4 Å². The molecule has 0 radical (unpaired) electrons. The van der Waals surface area contributed by atoms with Crippen molar-refractivity contribution in [2.45, 2.75) is 32.1 Å². The van der Waals surface area contributed by atoms with Gasteiger partial charge in [-0.3, -0.25) is 9.59 Å². The zero-order valence-corrected chi connectivity index (χ0v) is 18.8. The molecular weight excluding hydrogens is 460 g/mol. The summed E-state index contributed by atoms with van der Waals surface area (Å²) in [7, 11) is 0. The van der Waals surface area contributed by atoms with Crippen molar-refractivity contribution in [3.05, 3.63) is 64.5 Å². The molecule has 1 atom stereocenters. The highest BCUT2D eigenvalue weighted by atomic mass is 79.9. The molecule has 160 valence electrons. The zero-order valence-electron chi connectivity index (χ0n) is 17.2. The Morgan fingerprint density at radius 2 is 1.90 bits per heavy atom. The van der Waals surface area contributed by atoms with Crippen molar-refractivity contribution >= 4 is 33.4 Å². The molecule has 7 nitrogen and oxygen atoms in total. The molecule has 2 heterocycles. The molecule has 0 spiro atoms. The van der Waals surface area contributed by atoms with Crippen LogP contribution in [0.15, 0.2) is 57.5 Å². The summed E-state index contributed by atoms with van der Waals surface area (Å²) in [6.07, 6.45) is 2.20. The molecule has 1 saturated heterocycles. The van der Waals surface area contributed by atoms with Crippen LogP contribution in [0, 0.1) is 0 Å². The fraction of sp³-hybridized carbons (Fsp3) is 0.304. The van der Waals surface area contributed by atoms with Gasteiger partial charge in [0.05, 0.1) is 12.3 Å². The first-order valence-electron chi connectivity index (χ1n) is 10.2. The fourth-order valence-electron chi connectivity index (χ4n) is 3.72. The number of carbonyl (C=O) groups is 2. The number of hydrogen-bond donors (Lipinski definition) is 1. The van der Waals surface area contributed by atoms with E-state index in [1.165, 1.54) is 6.92 Å². The summed E-state index contributed by atoms with van der Waals surface area (Å²) in [4.78, 5) is 30.4. The Balaban J connectivity index is 1.40. The maximum atomic E-state index is 12.8. The fourth-order valence-corrected chi connectivity index (χ4v) is 3.98. The van der Waals surface area contributed by atoms with Gasteiger partial charge in [0.25, 0.3) is 0 Å². The third-order valence-electron chi connectivity index (χ3n) is 5.30. The van der Waals surface area contributed by atoms with Crippen molar-refractivity contribution in [2.24, 2.45) is 0 Å². The van der Waals surface area contributed by atoms with Crippen molar-refractivity contribution in [1.82, 2.24) is 15.0 Å². The van der Waals surface area contributed by atoms with Crippen LogP contribution in [0.5, 0.6) is 0 Å². The number of halogens is 1. The van der Waals surface area contributed by atoms with Crippen LogP contribution in [-0.4, -0.2) is 39.9 Å². The van der Waals surface area contributed by atoms with Gasteiger partial charge in [-0.1, -0.05) is 33.2 Å². The van der Waals surface area contributed by atoms with Gasteiger partial charge in [-0.2, -0.15) is 4.98 Å². The standard InChI is InChI=1S/C23H23BrN4O3/c1-15(29)25-20-10-6-17(7-11-20)22-26-23(31-27-22)18-3-2-12-28(14-18)21(30)13-16-4-8-19(24)9-5-16/h4-11,18H,2-3,12-14H2,1H3,(H,25,29)/t18-/m1/s1. The second-order valence-corrected chi connectivity index (χ2v) is 8.61. The second-order valence-electron chi connectivity index (χ2n) is 7.70. The molecule has 31 heavy (non-hydrogen) atoms. The Labute approximate surface area is 189 Å². The maximum absolute atomic E-state index is 12.8. The molecule has 0 bridgehead atoms. The van der Waals surface area contributed by atoms with E-state index in [2.05, 4.69) is 31.4 Å². The number of carbonyl (C=O) groups excluding carboxylic acids is 2. The molecule has 0 aliphatic carbocycles. The van der Waals surface area contributed by atoms with E-state index in [-0.39, 0.29) is 17.7 Å². The normalized spacial score (nSPS) is 16.2. The number of benzene rings is 2. The molecule has 1 fully saturated rings. The van der Waals surface area contributed by atoms with Crippen molar-refractivity contribution in [1.29, 1.82) is 0 Å². The van der Waals surface area contributed by atoms with Crippen LogP contribution in [0.4, 0.5) is 5.69 Å². The minimum Gasteiger partial charge on any atom is -0.342 e. The molecular formula is C23H23BrN4O3. The van der Waals surface area contributed by atoms with Crippen LogP contribution < -0.4 is 5.32 Å². The highest BCUT2D eigenvalue weighted by Gasteiger charge is 2.28. The minimum atomic E-state index is -0.119. The third kappa shape index (κ3) is 5.38. The molecule has 1 aliphatic rings. The summed E-state index contributed by atoms with van der Waals surface area (Å²) in [5, 5.41) is 6.85. The van der Waals surface area contributed by atoms with E-state index in [0.29, 0.717) is 30.4 Å². The zero-order chi connectivity index (χ0) is 21.8. The summed E-state index contributed by atoms with van der Waals surface area (Å²) in [5.74, 6) is 1.08. The van der Waals surface area contributed by atoms with E-state index in [1.54, 1.807) is 12.1 Å². The second kappa shape index (κ2) is 9.43. The Morgan fingerprint density at radius 3 is 2.61 bits per heavy atom. The maximum Gasteiger partial charge on any atom is 0.231 e. The topological polar surface area (TPSA) is 88.3 Å². The molecule has 0 saturated carbocycles. The number of aromatic nitrogens is 2. The van der Waals surface area contributed by atoms with Gasteiger partial charge < -0.3 is 14.7 Å². The van der Waals surface area contributed by atoms with Crippen LogP contribution in [0.2, 0.25) is 0 Å². The highest BCUT2D eigenvalue weighted by Crippen LogP contribution is 2.28. The van der Waals surface area contributed by atoms with Gasteiger partial charge in [-0.05, 0) is 54.8 Å². The van der Waals surface area contributed by atoms with Crippen molar-refractivity contribution in [2.75, 3.05) is 18.4 Å². The van der Waals surface area contributed by atoms with E-state index in [1.807, 2.05) is 41.3 Å². The number of amides is 2. The van der Waals surface area contributed by atoms with Gasteiger partial charge in [0.15, 0.2) is 0 Å². The first-order valence-corrected chi connectivity index (χ1v) is 11.0. The molecule has 1 aliphatic heterocycles.